The molecule has 1 aromatic carbocycles. The average molecular weight is 372 g/mol. The maximum atomic E-state index is 12.5. The molecular weight excluding hydrogens is 344 g/mol. The van der Waals surface area contributed by atoms with E-state index >= 15 is 0 Å². The van der Waals surface area contributed by atoms with E-state index in [1.807, 2.05) is 36.1 Å². The van der Waals surface area contributed by atoms with Crippen LogP contribution in [-0.4, -0.2) is 66.8 Å². The number of rotatable bonds is 5. The van der Waals surface area contributed by atoms with Gasteiger partial charge in [-0.05, 0) is 19.8 Å². The maximum absolute atomic E-state index is 12.5. The summed E-state index contributed by atoms with van der Waals surface area (Å²) in [5.74, 6) is 0.203. The van der Waals surface area contributed by atoms with Crippen LogP contribution in [0.25, 0.3) is 0 Å². The zero-order valence-corrected chi connectivity index (χ0v) is 16.0. The van der Waals surface area contributed by atoms with Crippen LogP contribution in [0.3, 0.4) is 0 Å². The van der Waals surface area contributed by atoms with Gasteiger partial charge in [0.2, 0.25) is 11.8 Å². The first-order valence-corrected chi connectivity index (χ1v) is 9.79. The fraction of sp³-hybridized carbons (Fsp3) is 0.571. The van der Waals surface area contributed by atoms with Gasteiger partial charge in [0.25, 0.3) is 0 Å². The summed E-state index contributed by atoms with van der Waals surface area (Å²) in [6, 6.07) is 7.44. The Bertz CT molecular complexity index is 672. The average Bonchev–Trinajstić information content (AvgIpc) is 2.72. The van der Waals surface area contributed by atoms with Crippen molar-refractivity contribution in [1.29, 1.82) is 0 Å². The van der Waals surface area contributed by atoms with Crippen molar-refractivity contribution in [2.75, 3.05) is 39.4 Å². The number of carbonyl (C=O) groups is 3. The standard InChI is InChI=1S/C21H28N2O4/c1-16-2-4-17(5-3-16)19(24)6-7-20(25)22-10-8-18(9-11-22)21(26)23-12-14-27-15-13-23/h2-5,18H,6-15H2,1H3. The Morgan fingerprint density at radius 3 is 2.19 bits per heavy atom. The second kappa shape index (κ2) is 9.13. The zero-order valence-electron chi connectivity index (χ0n) is 16.0. The molecule has 2 saturated heterocycles. The molecule has 2 aliphatic heterocycles. The van der Waals surface area contributed by atoms with Gasteiger partial charge in [-0.25, -0.2) is 0 Å². The van der Waals surface area contributed by atoms with Gasteiger partial charge in [-0.15, -0.1) is 0 Å². The molecule has 0 bridgehead atoms. The molecule has 0 unspecified atom stereocenters. The van der Waals surface area contributed by atoms with Crippen LogP contribution in [0.5, 0.6) is 0 Å². The molecule has 1 aromatic rings. The Labute approximate surface area is 160 Å². The summed E-state index contributed by atoms with van der Waals surface area (Å²) in [7, 11) is 0. The SMILES string of the molecule is Cc1ccc(C(=O)CCC(=O)N2CCC(C(=O)N3CCOCC3)CC2)cc1. The molecule has 3 rings (SSSR count). The van der Waals surface area contributed by atoms with Gasteiger partial charge in [0.15, 0.2) is 5.78 Å². The minimum atomic E-state index is 0.000677. The molecule has 146 valence electrons. The third-order valence-electron chi connectivity index (χ3n) is 5.46. The van der Waals surface area contributed by atoms with Crippen molar-refractivity contribution in [1.82, 2.24) is 9.80 Å². The molecule has 2 amide bonds. The zero-order chi connectivity index (χ0) is 19.2. The van der Waals surface area contributed by atoms with Crippen LogP contribution in [0.15, 0.2) is 24.3 Å². The third-order valence-corrected chi connectivity index (χ3v) is 5.46. The number of likely N-dealkylation sites (tertiary alicyclic amines) is 1. The summed E-state index contributed by atoms with van der Waals surface area (Å²) >= 11 is 0. The van der Waals surface area contributed by atoms with Crippen molar-refractivity contribution in [3.8, 4) is 0 Å². The molecule has 0 N–H and O–H groups in total. The number of morpholine rings is 1. The van der Waals surface area contributed by atoms with Crippen LogP contribution in [0.2, 0.25) is 0 Å². The lowest BCUT2D eigenvalue weighted by molar-refractivity contribution is -0.143. The number of hydrogen-bond donors (Lipinski definition) is 0. The van der Waals surface area contributed by atoms with Gasteiger partial charge < -0.3 is 14.5 Å². The molecule has 2 fully saturated rings. The molecule has 0 saturated carbocycles. The summed E-state index contributed by atoms with van der Waals surface area (Å²) in [6.07, 6.45) is 1.87. The molecule has 6 heteroatoms. The van der Waals surface area contributed by atoms with Crippen LogP contribution < -0.4 is 0 Å². The normalized spacial score (nSPS) is 18.4. The van der Waals surface area contributed by atoms with Crippen LogP contribution >= 0.6 is 0 Å². The van der Waals surface area contributed by atoms with E-state index in [0.29, 0.717) is 57.8 Å². The van der Waals surface area contributed by atoms with Crippen molar-refractivity contribution in [2.24, 2.45) is 5.92 Å². The van der Waals surface area contributed by atoms with Crippen molar-refractivity contribution in [2.45, 2.75) is 32.6 Å². The number of ketones is 1. The van der Waals surface area contributed by atoms with Crippen molar-refractivity contribution in [3.63, 3.8) is 0 Å². The second-order valence-corrected chi connectivity index (χ2v) is 7.38. The molecule has 2 heterocycles. The van der Waals surface area contributed by atoms with E-state index in [1.54, 1.807) is 4.90 Å². The first kappa shape index (κ1) is 19.5. The van der Waals surface area contributed by atoms with Crippen LogP contribution in [0, 0.1) is 12.8 Å². The first-order chi connectivity index (χ1) is 13.0. The number of carbonyl (C=O) groups excluding carboxylic acids is 3. The molecule has 0 atom stereocenters. The fourth-order valence-electron chi connectivity index (χ4n) is 3.68. The number of piperidine rings is 1. The summed E-state index contributed by atoms with van der Waals surface area (Å²) < 4.78 is 5.30. The number of ether oxygens (including phenoxy) is 1. The lowest BCUT2D eigenvalue weighted by Gasteiger charge is -2.35. The van der Waals surface area contributed by atoms with E-state index in [4.69, 9.17) is 4.74 Å². The monoisotopic (exact) mass is 372 g/mol. The van der Waals surface area contributed by atoms with Crippen LogP contribution in [0.4, 0.5) is 0 Å². The van der Waals surface area contributed by atoms with Crippen LogP contribution in [-0.2, 0) is 14.3 Å². The maximum Gasteiger partial charge on any atom is 0.225 e. The first-order valence-electron chi connectivity index (χ1n) is 9.79. The van der Waals surface area contributed by atoms with E-state index in [0.717, 1.165) is 5.56 Å². The van der Waals surface area contributed by atoms with Crippen molar-refractivity contribution >= 4 is 17.6 Å². The highest BCUT2D eigenvalue weighted by molar-refractivity contribution is 5.98. The molecule has 0 aliphatic carbocycles. The summed E-state index contributed by atoms with van der Waals surface area (Å²) in [6.45, 7) is 5.72. The summed E-state index contributed by atoms with van der Waals surface area (Å²) in [5.41, 5.74) is 1.76. The van der Waals surface area contributed by atoms with E-state index < -0.39 is 0 Å². The number of aryl methyl sites for hydroxylation is 1. The minimum Gasteiger partial charge on any atom is -0.378 e. The highest BCUT2D eigenvalue weighted by Crippen LogP contribution is 2.21. The van der Waals surface area contributed by atoms with E-state index in [1.165, 1.54) is 0 Å². The van der Waals surface area contributed by atoms with Gasteiger partial charge >= 0.3 is 0 Å². The van der Waals surface area contributed by atoms with Crippen LogP contribution in [0.1, 0.15) is 41.6 Å². The Balaban J connectivity index is 1.42. The number of amides is 2. The molecule has 0 aromatic heterocycles. The molecule has 2 aliphatic rings. The lowest BCUT2D eigenvalue weighted by Crippen LogP contribution is -2.47. The predicted molar refractivity (Wildman–Crippen MR) is 101 cm³/mol. The van der Waals surface area contributed by atoms with Gasteiger partial charge in [-0.1, -0.05) is 29.8 Å². The number of hydrogen-bond acceptors (Lipinski definition) is 4. The summed E-state index contributed by atoms with van der Waals surface area (Å²) in [5, 5.41) is 0. The number of Topliss-reactive ketones (excluding diaryl/α,β-unsaturated/α-hetero) is 1. The minimum absolute atomic E-state index is 0.000677. The highest BCUT2D eigenvalue weighted by Gasteiger charge is 2.30. The third kappa shape index (κ3) is 5.16. The fourth-order valence-corrected chi connectivity index (χ4v) is 3.68. The Morgan fingerprint density at radius 1 is 0.926 bits per heavy atom. The molecule has 0 radical (unpaired) electrons. The largest absolute Gasteiger partial charge is 0.378 e. The van der Waals surface area contributed by atoms with E-state index in [9.17, 15) is 14.4 Å². The smallest absolute Gasteiger partial charge is 0.225 e. The second-order valence-electron chi connectivity index (χ2n) is 7.38. The highest BCUT2D eigenvalue weighted by atomic mass is 16.5. The quantitative estimate of drug-likeness (QED) is 0.742. The topological polar surface area (TPSA) is 66.9 Å². The number of benzene rings is 1. The van der Waals surface area contributed by atoms with Gasteiger partial charge in [-0.3, -0.25) is 14.4 Å². The molecule has 27 heavy (non-hydrogen) atoms. The Morgan fingerprint density at radius 2 is 1.56 bits per heavy atom. The Hall–Kier alpha value is -2.21. The molecular formula is C21H28N2O4. The lowest BCUT2D eigenvalue weighted by atomic mass is 9.94. The van der Waals surface area contributed by atoms with E-state index in [2.05, 4.69) is 0 Å². The van der Waals surface area contributed by atoms with E-state index in [-0.39, 0.29) is 36.4 Å². The number of nitrogens with zero attached hydrogens (tertiary/aromatic N) is 2. The van der Waals surface area contributed by atoms with Crippen molar-refractivity contribution < 1.29 is 19.1 Å². The van der Waals surface area contributed by atoms with Gasteiger partial charge in [0, 0.05) is 50.5 Å². The van der Waals surface area contributed by atoms with Gasteiger partial charge in [0.1, 0.15) is 0 Å². The Kier molecular flexibility index (Phi) is 6.61. The van der Waals surface area contributed by atoms with Gasteiger partial charge in [0.05, 0.1) is 13.2 Å². The predicted octanol–water partition coefficient (Wildman–Crippen LogP) is 2.06. The van der Waals surface area contributed by atoms with Gasteiger partial charge in [-0.2, -0.15) is 0 Å². The molecule has 6 nitrogen and oxygen atoms in total. The summed E-state index contributed by atoms with van der Waals surface area (Å²) in [4.78, 5) is 40.9. The van der Waals surface area contributed by atoms with Crippen molar-refractivity contribution in [3.05, 3.63) is 35.4 Å². The molecule has 0 spiro atoms.